The molecule has 2 N–H and O–H groups in total. The summed E-state index contributed by atoms with van der Waals surface area (Å²) in [6.07, 6.45) is 0.987. The van der Waals surface area contributed by atoms with E-state index in [-0.39, 0.29) is 12.5 Å². The van der Waals surface area contributed by atoms with E-state index in [9.17, 15) is 4.79 Å². The molecule has 2 heterocycles. The van der Waals surface area contributed by atoms with Gasteiger partial charge in [-0.1, -0.05) is 66.2 Å². The van der Waals surface area contributed by atoms with Gasteiger partial charge in [-0.05, 0) is 90.1 Å². The average molecular weight is 718 g/mol. The van der Waals surface area contributed by atoms with Gasteiger partial charge in [-0.2, -0.15) is 4.98 Å². The predicted molar refractivity (Wildman–Crippen MR) is 181 cm³/mol. The molecule has 0 saturated heterocycles. The number of rotatable bonds is 11. The van der Waals surface area contributed by atoms with Gasteiger partial charge in [-0.15, -0.1) is 5.10 Å². The first-order valence-electron chi connectivity index (χ1n) is 14.2. The van der Waals surface area contributed by atoms with Crippen LogP contribution in [-0.2, 0) is 11.4 Å². The van der Waals surface area contributed by atoms with Gasteiger partial charge in [-0.3, -0.25) is 4.79 Å². The molecule has 44 heavy (non-hydrogen) atoms. The van der Waals surface area contributed by atoms with Crippen LogP contribution in [0.5, 0.6) is 11.5 Å². The number of benzene rings is 3. The number of halogens is 3. The highest BCUT2D eigenvalue weighted by atomic mass is 79.9. The molecule has 1 aromatic heterocycles. The molecule has 1 aliphatic heterocycles. The third-order valence-electron chi connectivity index (χ3n) is 6.92. The average Bonchev–Trinajstić information content (AvgIpc) is 3.40. The number of anilines is 2. The van der Waals surface area contributed by atoms with Crippen LogP contribution >= 0.6 is 50.9 Å². The number of aryl methyl sites for hydroxylation is 1. The number of carbonyl (C=O) groups is 1. The molecule has 0 fully saturated rings. The first kappa shape index (κ1) is 32.2. The summed E-state index contributed by atoms with van der Waals surface area (Å²) in [6.45, 7) is 8.52. The highest BCUT2D eigenvalue weighted by molar-refractivity contribution is 9.10. The maximum absolute atomic E-state index is 14.0. The number of aromatic nitrogens is 3. The zero-order valence-electron chi connectivity index (χ0n) is 24.7. The minimum absolute atomic E-state index is 0.243. The predicted octanol–water partition coefficient (Wildman–Crippen LogP) is 9.06. The molecule has 8 nitrogen and oxygen atoms in total. The number of para-hydroxylation sites is 1. The summed E-state index contributed by atoms with van der Waals surface area (Å²) in [7, 11) is 0. The van der Waals surface area contributed by atoms with Crippen LogP contribution in [0.2, 0.25) is 10.0 Å². The van der Waals surface area contributed by atoms with Gasteiger partial charge in [-0.25, -0.2) is 4.68 Å². The summed E-state index contributed by atoms with van der Waals surface area (Å²) in [6, 6.07) is 16.3. The summed E-state index contributed by atoms with van der Waals surface area (Å²) in [5, 5.41) is 12.8. The molecular weight excluding hydrogens is 685 g/mol. The minimum Gasteiger partial charge on any atom is -0.490 e. The van der Waals surface area contributed by atoms with Gasteiger partial charge >= 0.3 is 0 Å². The van der Waals surface area contributed by atoms with Gasteiger partial charge in [0.1, 0.15) is 12.6 Å². The van der Waals surface area contributed by atoms with Gasteiger partial charge in [0.25, 0.3) is 5.91 Å². The van der Waals surface area contributed by atoms with Gasteiger partial charge in [0.15, 0.2) is 11.5 Å². The van der Waals surface area contributed by atoms with E-state index in [1.54, 1.807) is 28.6 Å². The molecule has 0 saturated carbocycles. The second kappa shape index (κ2) is 14.3. The van der Waals surface area contributed by atoms with Crippen molar-refractivity contribution in [3.8, 4) is 11.5 Å². The highest BCUT2D eigenvalue weighted by Crippen LogP contribution is 2.44. The van der Waals surface area contributed by atoms with Crippen molar-refractivity contribution in [3.63, 3.8) is 0 Å². The lowest BCUT2D eigenvalue weighted by Gasteiger charge is -2.29. The monoisotopic (exact) mass is 715 g/mol. The number of amides is 1. The molecular formula is C32H32BrCl2N5O3S. The lowest BCUT2D eigenvalue weighted by Crippen LogP contribution is -2.31. The van der Waals surface area contributed by atoms with E-state index in [1.807, 2.05) is 63.2 Å². The first-order chi connectivity index (χ1) is 21.2. The van der Waals surface area contributed by atoms with Crippen LogP contribution in [0.25, 0.3) is 0 Å². The van der Waals surface area contributed by atoms with Crippen LogP contribution in [0.3, 0.4) is 0 Å². The SMILES string of the molecule is CCCSc1nc2n(n1)C(c1cc(Br)c(OCc3ccc(Cl)c(Cl)c3)c(OCC)c1)C(C(=O)Nc1ccccc1C)=C(C)N2. The molecule has 0 bridgehead atoms. The van der Waals surface area contributed by atoms with E-state index in [0.717, 1.165) is 34.6 Å². The molecule has 12 heteroatoms. The molecule has 1 aliphatic rings. The van der Waals surface area contributed by atoms with Crippen molar-refractivity contribution in [1.29, 1.82) is 0 Å². The number of hydrogen-bond donors (Lipinski definition) is 2. The zero-order valence-corrected chi connectivity index (χ0v) is 28.6. The van der Waals surface area contributed by atoms with Crippen molar-refractivity contribution >= 4 is 68.4 Å². The Morgan fingerprint density at radius 2 is 1.89 bits per heavy atom. The van der Waals surface area contributed by atoms with Crippen LogP contribution in [0, 0.1) is 6.92 Å². The quantitative estimate of drug-likeness (QED) is 0.150. The normalized spacial score (nSPS) is 14.2. The maximum atomic E-state index is 14.0. The fourth-order valence-electron chi connectivity index (χ4n) is 4.82. The summed E-state index contributed by atoms with van der Waals surface area (Å²) in [5.41, 5.74) is 4.52. The summed E-state index contributed by atoms with van der Waals surface area (Å²) < 4.78 is 14.7. The zero-order chi connectivity index (χ0) is 31.4. The van der Waals surface area contributed by atoms with Crippen molar-refractivity contribution in [2.75, 3.05) is 23.0 Å². The minimum atomic E-state index is -0.599. The summed E-state index contributed by atoms with van der Waals surface area (Å²) in [5.74, 6) is 2.25. The second-order valence-corrected chi connectivity index (χ2v) is 12.9. The van der Waals surface area contributed by atoms with Gasteiger partial charge in [0.05, 0.1) is 26.7 Å². The van der Waals surface area contributed by atoms with E-state index in [1.165, 1.54) is 0 Å². The van der Waals surface area contributed by atoms with Crippen molar-refractivity contribution < 1.29 is 14.3 Å². The smallest absolute Gasteiger partial charge is 0.255 e. The number of carbonyl (C=O) groups excluding carboxylic acids is 1. The van der Waals surface area contributed by atoms with Crippen LogP contribution in [0.4, 0.5) is 11.6 Å². The number of thioether (sulfide) groups is 1. The van der Waals surface area contributed by atoms with Crippen LogP contribution < -0.4 is 20.1 Å². The van der Waals surface area contributed by atoms with Crippen LogP contribution in [0.1, 0.15) is 49.9 Å². The highest BCUT2D eigenvalue weighted by Gasteiger charge is 2.35. The number of allylic oxidation sites excluding steroid dienone is 1. The Balaban J connectivity index is 1.56. The molecule has 1 amide bonds. The summed E-state index contributed by atoms with van der Waals surface area (Å²) >= 11 is 17.6. The van der Waals surface area contributed by atoms with E-state index in [4.69, 9.17) is 42.8 Å². The number of hydrogen-bond acceptors (Lipinski definition) is 7. The standard InChI is InChI=1S/C32H32BrCl2N5O3S/c1-5-13-44-32-38-31-36-19(4)27(30(41)37-25-10-8-7-9-18(25)3)28(40(31)39-32)21-15-22(33)29(26(16-21)42-6-2)43-17-20-11-12-23(34)24(35)14-20/h7-12,14-16,28H,5-6,13,17H2,1-4H3,(H,37,41)(H,36,38,39). The topological polar surface area (TPSA) is 90.3 Å². The Labute approximate surface area is 279 Å². The maximum Gasteiger partial charge on any atom is 0.255 e. The number of nitrogens with zero attached hydrogens (tertiary/aromatic N) is 3. The van der Waals surface area contributed by atoms with E-state index < -0.39 is 6.04 Å². The van der Waals surface area contributed by atoms with Crippen molar-refractivity contribution in [2.45, 2.75) is 51.9 Å². The van der Waals surface area contributed by atoms with Crippen molar-refractivity contribution in [2.24, 2.45) is 0 Å². The van der Waals surface area contributed by atoms with Gasteiger partial charge in [0, 0.05) is 17.1 Å². The first-order valence-corrected chi connectivity index (χ1v) is 16.7. The molecule has 1 atom stereocenters. The Morgan fingerprint density at radius 3 is 2.61 bits per heavy atom. The molecule has 4 aromatic rings. The Bertz CT molecular complexity index is 1730. The molecule has 0 radical (unpaired) electrons. The molecule has 1 unspecified atom stereocenters. The Kier molecular flexibility index (Phi) is 10.5. The van der Waals surface area contributed by atoms with Gasteiger partial charge in [0.2, 0.25) is 11.1 Å². The molecule has 3 aromatic carbocycles. The third kappa shape index (κ3) is 7.04. The summed E-state index contributed by atoms with van der Waals surface area (Å²) in [4.78, 5) is 18.7. The second-order valence-electron chi connectivity index (χ2n) is 10.1. The Hall–Kier alpha value is -3.18. The number of nitrogens with one attached hydrogen (secondary N) is 2. The van der Waals surface area contributed by atoms with Crippen LogP contribution in [-0.4, -0.2) is 33.0 Å². The molecule has 0 aliphatic carbocycles. The number of fused-ring (bicyclic) bond motifs is 1. The fourth-order valence-corrected chi connectivity index (χ4v) is 6.40. The lowest BCUT2D eigenvalue weighted by molar-refractivity contribution is -0.113. The van der Waals surface area contributed by atoms with E-state index in [0.29, 0.717) is 55.0 Å². The third-order valence-corrected chi connectivity index (χ3v) is 9.29. The molecule has 5 rings (SSSR count). The molecule has 230 valence electrons. The van der Waals surface area contributed by atoms with Crippen molar-refractivity contribution in [3.05, 3.63) is 97.1 Å². The fraction of sp³-hybridized carbons (Fsp3) is 0.281. The molecule has 0 spiro atoms. The van der Waals surface area contributed by atoms with E-state index >= 15 is 0 Å². The number of ether oxygens (including phenoxy) is 2. The largest absolute Gasteiger partial charge is 0.490 e. The Morgan fingerprint density at radius 1 is 1.09 bits per heavy atom. The lowest BCUT2D eigenvalue weighted by atomic mass is 9.94. The van der Waals surface area contributed by atoms with Crippen molar-refractivity contribution in [1.82, 2.24) is 14.8 Å². The van der Waals surface area contributed by atoms with Gasteiger partial charge < -0.3 is 20.1 Å². The van der Waals surface area contributed by atoms with E-state index in [2.05, 4.69) is 33.5 Å². The van der Waals surface area contributed by atoms with Crippen LogP contribution in [0.15, 0.2) is 75.5 Å².